The number of rotatable bonds is 7. The van der Waals surface area contributed by atoms with E-state index >= 15 is 0 Å². The molecule has 5 nitrogen and oxygen atoms in total. The van der Waals surface area contributed by atoms with E-state index in [1.54, 1.807) is 24.3 Å². The molecular weight excluding hydrogens is 372 g/mol. The Hall–Kier alpha value is -2.05. The van der Waals surface area contributed by atoms with Crippen molar-refractivity contribution in [2.45, 2.75) is 37.6 Å². The molecule has 7 heteroatoms. The summed E-state index contributed by atoms with van der Waals surface area (Å²) in [5.74, 6) is -0.316. The Bertz CT molecular complexity index is 870. The molecule has 0 bridgehead atoms. The lowest BCUT2D eigenvalue weighted by Crippen LogP contribution is -2.33. The van der Waals surface area contributed by atoms with Crippen LogP contribution >= 0.6 is 11.6 Å². The number of benzene rings is 2. The van der Waals surface area contributed by atoms with Gasteiger partial charge < -0.3 is 5.32 Å². The average Bonchev–Trinajstić information content (AvgIpc) is 2.62. The van der Waals surface area contributed by atoms with E-state index in [-0.39, 0.29) is 27.4 Å². The first kappa shape index (κ1) is 20.3. The van der Waals surface area contributed by atoms with E-state index in [4.69, 9.17) is 11.6 Å². The Morgan fingerprint density at radius 3 is 2.46 bits per heavy atom. The number of halogens is 1. The number of hydrogen-bond donors (Lipinski definition) is 1. The second-order valence-electron chi connectivity index (χ2n) is 6.11. The van der Waals surface area contributed by atoms with Gasteiger partial charge in [0.1, 0.15) is 0 Å². The fourth-order valence-electron chi connectivity index (χ4n) is 2.58. The third-order valence-electron chi connectivity index (χ3n) is 4.06. The summed E-state index contributed by atoms with van der Waals surface area (Å²) in [5.41, 5.74) is 0.619. The first-order valence-electron chi connectivity index (χ1n) is 8.41. The topological polar surface area (TPSA) is 66.5 Å². The van der Waals surface area contributed by atoms with Crippen molar-refractivity contribution in [2.24, 2.45) is 0 Å². The Labute approximate surface area is 160 Å². The maximum absolute atomic E-state index is 12.8. The first-order chi connectivity index (χ1) is 12.3. The summed E-state index contributed by atoms with van der Waals surface area (Å²) in [7, 11) is -2.27. The van der Waals surface area contributed by atoms with Gasteiger partial charge in [0.2, 0.25) is 0 Å². The van der Waals surface area contributed by atoms with Crippen LogP contribution in [0, 0.1) is 0 Å². The fraction of sp³-hybridized carbons (Fsp3) is 0.316. The van der Waals surface area contributed by atoms with Gasteiger partial charge in [-0.2, -0.15) is 0 Å². The molecule has 2 aromatic carbocycles. The van der Waals surface area contributed by atoms with Crippen molar-refractivity contribution in [3.05, 3.63) is 59.1 Å². The highest BCUT2D eigenvalue weighted by atomic mass is 35.5. The molecule has 0 aliphatic rings. The summed E-state index contributed by atoms with van der Waals surface area (Å²) in [6.45, 7) is 3.96. The molecule has 2 rings (SSSR count). The van der Waals surface area contributed by atoms with E-state index in [1.807, 2.05) is 13.8 Å². The highest BCUT2D eigenvalue weighted by Gasteiger charge is 2.23. The highest BCUT2D eigenvalue weighted by molar-refractivity contribution is 7.92. The predicted molar refractivity (Wildman–Crippen MR) is 105 cm³/mol. The Balaban J connectivity index is 2.32. The number of nitrogens with one attached hydrogen (secondary N) is 1. The van der Waals surface area contributed by atoms with Crippen molar-refractivity contribution in [3.63, 3.8) is 0 Å². The predicted octanol–water partition coefficient (Wildman–Crippen LogP) is 4.08. The van der Waals surface area contributed by atoms with Gasteiger partial charge in [0.05, 0.1) is 21.2 Å². The van der Waals surface area contributed by atoms with E-state index in [2.05, 4.69) is 5.32 Å². The molecule has 0 aromatic heterocycles. The van der Waals surface area contributed by atoms with Crippen molar-refractivity contribution in [3.8, 4) is 0 Å². The number of carbonyl (C=O) groups excluding carboxylic acids is 1. The number of hydrogen-bond acceptors (Lipinski definition) is 3. The van der Waals surface area contributed by atoms with Crippen LogP contribution in [0.25, 0.3) is 0 Å². The molecule has 0 heterocycles. The van der Waals surface area contributed by atoms with E-state index in [0.29, 0.717) is 5.69 Å². The van der Waals surface area contributed by atoms with Gasteiger partial charge in [-0.25, -0.2) is 8.42 Å². The van der Waals surface area contributed by atoms with Crippen LogP contribution in [0.2, 0.25) is 5.02 Å². The molecule has 1 atom stereocenters. The largest absolute Gasteiger partial charge is 0.350 e. The fourth-order valence-corrected chi connectivity index (χ4v) is 3.99. The van der Waals surface area contributed by atoms with E-state index < -0.39 is 10.0 Å². The number of amides is 1. The summed E-state index contributed by atoms with van der Waals surface area (Å²) >= 11 is 6.16. The zero-order chi connectivity index (χ0) is 19.3. The normalized spacial score (nSPS) is 12.5. The highest BCUT2D eigenvalue weighted by Crippen LogP contribution is 2.26. The van der Waals surface area contributed by atoms with Gasteiger partial charge in [-0.05, 0) is 43.7 Å². The van der Waals surface area contributed by atoms with Gasteiger partial charge in [0.15, 0.2) is 0 Å². The van der Waals surface area contributed by atoms with Crippen molar-refractivity contribution < 1.29 is 13.2 Å². The van der Waals surface area contributed by atoms with Crippen molar-refractivity contribution in [1.29, 1.82) is 0 Å². The molecule has 0 aliphatic carbocycles. The van der Waals surface area contributed by atoms with Crippen LogP contribution in [0.5, 0.6) is 0 Å². The van der Waals surface area contributed by atoms with Crippen LogP contribution in [0.3, 0.4) is 0 Å². The molecule has 0 fully saturated rings. The maximum atomic E-state index is 12.8. The lowest BCUT2D eigenvalue weighted by molar-refractivity contribution is 0.0938. The van der Waals surface area contributed by atoms with Crippen molar-refractivity contribution in [2.75, 3.05) is 11.4 Å². The minimum Gasteiger partial charge on any atom is -0.350 e. The molecule has 140 valence electrons. The molecule has 0 saturated carbocycles. The Morgan fingerprint density at radius 2 is 1.85 bits per heavy atom. The van der Waals surface area contributed by atoms with Gasteiger partial charge >= 0.3 is 0 Å². The molecule has 2 aromatic rings. The van der Waals surface area contributed by atoms with Crippen LogP contribution in [0.4, 0.5) is 5.69 Å². The third kappa shape index (κ3) is 4.56. The van der Waals surface area contributed by atoms with Gasteiger partial charge in [0.25, 0.3) is 15.9 Å². The number of sulfonamides is 1. The SMILES string of the molecule is CCC[C@H](C)NC(=O)c1cc(N(C)S(=O)(=O)c2ccccc2)ccc1Cl. The Kier molecular flexibility index (Phi) is 6.67. The van der Waals surface area contributed by atoms with E-state index in [9.17, 15) is 13.2 Å². The number of anilines is 1. The molecule has 1 amide bonds. The molecule has 0 radical (unpaired) electrons. The number of nitrogens with zero attached hydrogens (tertiary/aromatic N) is 1. The van der Waals surface area contributed by atoms with Gasteiger partial charge in [-0.3, -0.25) is 9.10 Å². The minimum absolute atomic E-state index is 0.0120. The van der Waals surface area contributed by atoms with Gasteiger partial charge in [0, 0.05) is 13.1 Å². The standard InChI is InChI=1S/C19H23ClN2O3S/c1-4-8-14(2)21-19(23)17-13-15(11-12-18(17)20)22(3)26(24,25)16-9-6-5-7-10-16/h5-7,9-14H,4,8H2,1-3H3,(H,21,23)/t14-/m0/s1. The molecule has 0 saturated heterocycles. The minimum atomic E-state index is -3.72. The molecule has 0 unspecified atom stereocenters. The van der Waals surface area contributed by atoms with Gasteiger partial charge in [-0.15, -0.1) is 0 Å². The monoisotopic (exact) mass is 394 g/mol. The smallest absolute Gasteiger partial charge is 0.264 e. The summed E-state index contributed by atoms with van der Waals surface area (Å²) in [6.07, 6.45) is 1.80. The van der Waals surface area contributed by atoms with Crippen molar-refractivity contribution >= 4 is 33.2 Å². The van der Waals surface area contributed by atoms with Gasteiger partial charge in [-0.1, -0.05) is 43.1 Å². The quantitative estimate of drug-likeness (QED) is 0.769. The lowest BCUT2D eigenvalue weighted by atomic mass is 10.1. The second-order valence-corrected chi connectivity index (χ2v) is 8.49. The van der Waals surface area contributed by atoms with E-state index in [1.165, 1.54) is 31.3 Å². The second kappa shape index (κ2) is 8.56. The average molecular weight is 395 g/mol. The number of carbonyl (C=O) groups is 1. The van der Waals surface area contributed by atoms with E-state index in [0.717, 1.165) is 17.1 Å². The molecule has 0 spiro atoms. The summed E-state index contributed by atoms with van der Waals surface area (Å²) in [5, 5.41) is 3.16. The first-order valence-corrected chi connectivity index (χ1v) is 10.2. The molecule has 0 aliphatic heterocycles. The molecular formula is C19H23ClN2O3S. The van der Waals surface area contributed by atoms with Crippen molar-refractivity contribution in [1.82, 2.24) is 5.32 Å². The van der Waals surface area contributed by atoms with Crippen LogP contribution in [-0.4, -0.2) is 27.4 Å². The summed E-state index contributed by atoms with van der Waals surface area (Å²) in [6, 6.07) is 12.8. The summed E-state index contributed by atoms with van der Waals surface area (Å²) < 4.78 is 26.7. The maximum Gasteiger partial charge on any atom is 0.264 e. The summed E-state index contributed by atoms with van der Waals surface area (Å²) in [4.78, 5) is 12.7. The zero-order valence-electron chi connectivity index (χ0n) is 15.1. The third-order valence-corrected chi connectivity index (χ3v) is 6.19. The van der Waals surface area contributed by atoms with Crippen LogP contribution < -0.4 is 9.62 Å². The van der Waals surface area contributed by atoms with Crippen LogP contribution in [-0.2, 0) is 10.0 Å². The molecule has 26 heavy (non-hydrogen) atoms. The zero-order valence-corrected chi connectivity index (χ0v) is 16.6. The van der Waals surface area contributed by atoms with Crippen LogP contribution in [0.15, 0.2) is 53.4 Å². The lowest BCUT2D eigenvalue weighted by Gasteiger charge is -2.21. The van der Waals surface area contributed by atoms with Crippen LogP contribution in [0.1, 0.15) is 37.0 Å². The molecule has 1 N–H and O–H groups in total. The Morgan fingerprint density at radius 1 is 1.19 bits per heavy atom.